The molecule has 0 aliphatic rings. The number of anilines is 2. The second kappa shape index (κ2) is 10.1. The van der Waals surface area contributed by atoms with Crippen LogP contribution in [0.25, 0.3) is 16.7 Å². The van der Waals surface area contributed by atoms with Gasteiger partial charge in [-0.3, -0.25) is 9.78 Å². The maximum absolute atomic E-state index is 13.6. The Morgan fingerprint density at radius 2 is 1.75 bits per heavy atom. The number of nitrogen functional groups attached to an aromatic ring is 1. The van der Waals surface area contributed by atoms with Crippen LogP contribution in [0, 0.1) is 32.6 Å². The molecule has 12 heteroatoms. The lowest BCUT2D eigenvalue weighted by Gasteiger charge is -2.13. The number of hydrogen-bond acceptors (Lipinski definition) is 7. The van der Waals surface area contributed by atoms with E-state index in [2.05, 4.69) is 42.1 Å². The number of nitrogens with zero attached hydrogens (tertiary/aromatic N) is 6. The van der Waals surface area contributed by atoms with E-state index in [0.29, 0.717) is 27.9 Å². The van der Waals surface area contributed by atoms with Crippen molar-refractivity contribution in [1.29, 1.82) is 0 Å². The number of rotatable bonds is 3. The van der Waals surface area contributed by atoms with Crippen LogP contribution in [0.4, 0.5) is 24.7 Å². The van der Waals surface area contributed by atoms with Crippen LogP contribution in [0.3, 0.4) is 0 Å². The molecule has 1 amide bonds. The molecule has 4 aromatic heterocycles. The molecule has 200 valence electrons. The number of aryl methyl sites for hydroxylation is 3. The Bertz CT molecular complexity index is 1850. The number of amides is 1. The second-order valence-corrected chi connectivity index (χ2v) is 9.00. The number of carbonyl (C=O) groups is 1. The number of alkyl halides is 3. The molecule has 4 heterocycles. The number of imidazole rings is 1. The summed E-state index contributed by atoms with van der Waals surface area (Å²) in [6.07, 6.45) is 2.62. The minimum Gasteiger partial charge on any atom is -0.383 e. The third-order valence-electron chi connectivity index (χ3n) is 6.00. The molecule has 9 nitrogen and oxygen atoms in total. The number of fused-ring (bicyclic) bond motifs is 1. The van der Waals surface area contributed by atoms with Gasteiger partial charge < -0.3 is 15.6 Å². The molecule has 0 aliphatic heterocycles. The maximum atomic E-state index is 13.6. The Morgan fingerprint density at radius 3 is 2.48 bits per heavy atom. The van der Waals surface area contributed by atoms with Crippen molar-refractivity contribution in [3.05, 3.63) is 94.7 Å². The van der Waals surface area contributed by atoms with Crippen LogP contribution in [0.15, 0.2) is 55.4 Å². The zero-order valence-electron chi connectivity index (χ0n) is 21.5. The van der Waals surface area contributed by atoms with E-state index in [0.717, 1.165) is 23.5 Å². The topological polar surface area (TPSA) is 124 Å². The highest BCUT2D eigenvalue weighted by Gasteiger charge is 2.31. The summed E-state index contributed by atoms with van der Waals surface area (Å²) in [6, 6.07) is 4.74. The fourth-order valence-corrected chi connectivity index (χ4v) is 3.86. The largest absolute Gasteiger partial charge is 0.416 e. The minimum absolute atomic E-state index is 0.0449. The molecule has 1 aromatic carbocycles. The van der Waals surface area contributed by atoms with Crippen LogP contribution in [0.1, 0.15) is 44.1 Å². The molecule has 5 rings (SSSR count). The standard InChI is InChI=1S/C28H21F3N8O/c1-15-13-39(14-35-15)22-8-20(28(29,30)31)7-21(9-22)38-27(40)19-6-18(10-33-11-19)4-5-23-25-24(12-34-26(23)32)36-16(2)17(3)37-25/h6-14H,1-3H3,(H2,32,34)(H,38,40). The molecule has 0 spiro atoms. The predicted octanol–water partition coefficient (Wildman–Crippen LogP) is 4.78. The Kier molecular flexibility index (Phi) is 6.64. The highest BCUT2D eigenvalue weighted by atomic mass is 19.4. The molecular formula is C28H21F3N8O. The highest BCUT2D eigenvalue weighted by Crippen LogP contribution is 2.33. The Morgan fingerprint density at radius 1 is 0.975 bits per heavy atom. The molecule has 0 aliphatic carbocycles. The van der Waals surface area contributed by atoms with E-state index in [9.17, 15) is 18.0 Å². The van der Waals surface area contributed by atoms with Crippen molar-refractivity contribution >= 4 is 28.4 Å². The van der Waals surface area contributed by atoms with E-state index in [1.165, 1.54) is 41.6 Å². The molecule has 0 unspecified atom stereocenters. The first kappa shape index (κ1) is 26.3. The lowest BCUT2D eigenvalue weighted by atomic mass is 10.1. The maximum Gasteiger partial charge on any atom is 0.416 e. The number of carbonyl (C=O) groups excluding carboxylic acids is 1. The van der Waals surface area contributed by atoms with Gasteiger partial charge in [0, 0.05) is 35.5 Å². The van der Waals surface area contributed by atoms with E-state index >= 15 is 0 Å². The van der Waals surface area contributed by atoms with Crippen molar-refractivity contribution in [2.75, 3.05) is 11.1 Å². The number of benzene rings is 1. The number of halogens is 3. The minimum atomic E-state index is -4.62. The zero-order valence-corrected chi connectivity index (χ0v) is 21.5. The van der Waals surface area contributed by atoms with Gasteiger partial charge in [0.1, 0.15) is 16.9 Å². The van der Waals surface area contributed by atoms with Gasteiger partial charge in [0.05, 0.1) is 46.3 Å². The van der Waals surface area contributed by atoms with Gasteiger partial charge in [-0.05, 0) is 45.0 Å². The summed E-state index contributed by atoms with van der Waals surface area (Å²) < 4.78 is 42.2. The molecule has 5 aromatic rings. The zero-order chi connectivity index (χ0) is 28.6. The van der Waals surface area contributed by atoms with E-state index in [-0.39, 0.29) is 22.8 Å². The molecule has 0 radical (unpaired) electrons. The molecule has 0 saturated heterocycles. The third-order valence-corrected chi connectivity index (χ3v) is 6.00. The molecule has 0 bridgehead atoms. The fourth-order valence-electron chi connectivity index (χ4n) is 3.86. The van der Waals surface area contributed by atoms with Crippen LogP contribution < -0.4 is 11.1 Å². The summed E-state index contributed by atoms with van der Waals surface area (Å²) in [5, 5.41) is 2.52. The van der Waals surface area contributed by atoms with Crippen molar-refractivity contribution < 1.29 is 18.0 Å². The molecular weight excluding hydrogens is 521 g/mol. The van der Waals surface area contributed by atoms with Crippen molar-refractivity contribution in [3.8, 4) is 17.5 Å². The van der Waals surface area contributed by atoms with Gasteiger partial charge in [-0.2, -0.15) is 13.2 Å². The van der Waals surface area contributed by atoms with Crippen molar-refractivity contribution in [3.63, 3.8) is 0 Å². The average Bonchev–Trinajstić information content (AvgIpc) is 3.35. The summed E-state index contributed by atoms with van der Waals surface area (Å²) >= 11 is 0. The Hall–Kier alpha value is -5.31. The number of aromatic nitrogens is 6. The summed E-state index contributed by atoms with van der Waals surface area (Å²) in [6.45, 7) is 5.38. The van der Waals surface area contributed by atoms with Crippen molar-refractivity contribution in [2.24, 2.45) is 0 Å². The number of nitrogens with two attached hydrogens (primary N) is 1. The van der Waals surface area contributed by atoms with Gasteiger partial charge >= 0.3 is 6.18 Å². The van der Waals surface area contributed by atoms with Crippen molar-refractivity contribution in [1.82, 2.24) is 29.5 Å². The SMILES string of the molecule is Cc1cn(-c2cc(NC(=O)c3cncc(C#Cc4c(N)ncc5nc(C)c(C)nc45)c3)cc(C(F)(F)F)c2)cn1. The summed E-state index contributed by atoms with van der Waals surface area (Å²) in [5.74, 6) is 5.36. The first-order valence-corrected chi connectivity index (χ1v) is 11.9. The highest BCUT2D eigenvalue weighted by molar-refractivity contribution is 6.04. The number of hydrogen-bond donors (Lipinski definition) is 2. The average molecular weight is 543 g/mol. The van der Waals surface area contributed by atoms with Crippen LogP contribution >= 0.6 is 0 Å². The lowest BCUT2D eigenvalue weighted by molar-refractivity contribution is -0.137. The molecule has 40 heavy (non-hydrogen) atoms. The fraction of sp³-hybridized carbons (Fsp3) is 0.143. The van der Waals surface area contributed by atoms with E-state index in [1.807, 2.05) is 13.8 Å². The van der Waals surface area contributed by atoms with Gasteiger partial charge in [-0.25, -0.2) is 19.9 Å². The van der Waals surface area contributed by atoms with Gasteiger partial charge in [0.25, 0.3) is 5.91 Å². The predicted molar refractivity (Wildman–Crippen MR) is 143 cm³/mol. The summed E-state index contributed by atoms with van der Waals surface area (Å²) in [4.78, 5) is 34.3. The number of nitrogens with one attached hydrogen (secondary N) is 1. The summed E-state index contributed by atoms with van der Waals surface area (Å²) in [5.41, 5.74) is 9.29. The lowest BCUT2D eigenvalue weighted by Crippen LogP contribution is -2.14. The monoisotopic (exact) mass is 542 g/mol. The smallest absolute Gasteiger partial charge is 0.383 e. The summed E-state index contributed by atoms with van der Waals surface area (Å²) in [7, 11) is 0. The molecule has 0 atom stereocenters. The molecule has 3 N–H and O–H groups in total. The normalized spacial score (nSPS) is 11.2. The van der Waals surface area contributed by atoms with Crippen LogP contribution in [-0.4, -0.2) is 35.4 Å². The van der Waals surface area contributed by atoms with Gasteiger partial charge in [-0.1, -0.05) is 11.8 Å². The van der Waals surface area contributed by atoms with Gasteiger partial charge in [-0.15, -0.1) is 0 Å². The second-order valence-electron chi connectivity index (χ2n) is 9.00. The van der Waals surface area contributed by atoms with Crippen LogP contribution in [-0.2, 0) is 6.18 Å². The molecule has 0 saturated carbocycles. The van der Waals surface area contributed by atoms with E-state index in [4.69, 9.17) is 5.73 Å². The van der Waals surface area contributed by atoms with Gasteiger partial charge in [0.15, 0.2) is 0 Å². The third kappa shape index (κ3) is 5.44. The molecule has 0 fully saturated rings. The van der Waals surface area contributed by atoms with E-state index < -0.39 is 17.6 Å². The van der Waals surface area contributed by atoms with Gasteiger partial charge in [0.2, 0.25) is 0 Å². The van der Waals surface area contributed by atoms with E-state index in [1.54, 1.807) is 13.1 Å². The van der Waals surface area contributed by atoms with Crippen LogP contribution in [0.5, 0.6) is 0 Å². The Labute approximate surface area is 226 Å². The first-order valence-electron chi connectivity index (χ1n) is 11.9. The van der Waals surface area contributed by atoms with Crippen molar-refractivity contribution in [2.45, 2.75) is 26.9 Å². The first-order chi connectivity index (χ1) is 19.0. The Balaban J connectivity index is 1.45. The quantitative estimate of drug-likeness (QED) is 0.314. The van der Waals surface area contributed by atoms with Crippen LogP contribution in [0.2, 0.25) is 0 Å². The number of pyridine rings is 2.